The van der Waals surface area contributed by atoms with Crippen LogP contribution in [0.4, 0.5) is 4.39 Å². The van der Waals surface area contributed by atoms with Crippen LogP contribution in [0.25, 0.3) is 6.08 Å². The third kappa shape index (κ3) is 2.89. The number of nitrogens with one attached hydrogen (secondary N) is 1. The van der Waals surface area contributed by atoms with Crippen LogP contribution in [0.1, 0.15) is 11.1 Å². The van der Waals surface area contributed by atoms with Gasteiger partial charge in [-0.05, 0) is 35.5 Å². The highest BCUT2D eigenvalue weighted by atomic mass is 32.2. The summed E-state index contributed by atoms with van der Waals surface area (Å²) in [5.74, 6) is -0.907. The molecule has 0 aromatic heterocycles. The number of fused-ring (bicyclic) bond motifs is 1. The number of amides is 1. The lowest BCUT2D eigenvalue weighted by Gasteiger charge is -2.20. The van der Waals surface area contributed by atoms with E-state index in [1.54, 1.807) is 12.1 Å². The highest BCUT2D eigenvalue weighted by Gasteiger charge is 2.35. The number of aliphatic imine (C=N–C) groups is 1. The summed E-state index contributed by atoms with van der Waals surface area (Å²) in [6.45, 7) is 0. The zero-order valence-electron chi connectivity index (χ0n) is 12.8. The molecule has 0 radical (unpaired) electrons. The lowest BCUT2D eigenvalue weighted by molar-refractivity contribution is -0.114. The number of rotatable bonds is 2. The first kappa shape index (κ1) is 15.5. The average molecular weight is 350 g/mol. The summed E-state index contributed by atoms with van der Waals surface area (Å²) in [4.78, 5) is 16.3. The number of halogens is 1. The quantitative estimate of drug-likeness (QED) is 0.843. The normalized spacial score (nSPS) is 18.3. The average Bonchev–Trinajstić information content (AvgIpc) is 3.05. The Kier molecular flexibility index (Phi) is 3.77. The minimum atomic E-state index is -0.502. The molecule has 5 nitrogen and oxygen atoms in total. The minimum Gasteiger partial charge on any atom is -0.282 e. The van der Waals surface area contributed by atoms with Crippen molar-refractivity contribution < 1.29 is 9.18 Å². The van der Waals surface area contributed by atoms with Gasteiger partial charge in [0, 0.05) is 5.56 Å². The van der Waals surface area contributed by atoms with E-state index in [1.807, 2.05) is 30.3 Å². The van der Waals surface area contributed by atoms with Gasteiger partial charge in [-0.3, -0.25) is 10.2 Å². The second-order valence-corrected chi connectivity index (χ2v) is 6.30. The molecular formula is C18H11FN4OS. The standard InChI is InChI=1S/C18H11FN4OS/c19-13-8-6-11(7-9-13)10-14-15(20)23-18(21-16(14)24)25-17(22-23)12-4-2-1-3-5-12/h1-10,20H/b14-10-,20-15?. The fourth-order valence-electron chi connectivity index (χ4n) is 2.42. The number of hydrazone groups is 1. The summed E-state index contributed by atoms with van der Waals surface area (Å²) in [5, 5.41) is 15.1. The first-order chi connectivity index (χ1) is 12.1. The summed E-state index contributed by atoms with van der Waals surface area (Å²) in [7, 11) is 0. The summed E-state index contributed by atoms with van der Waals surface area (Å²) in [6.07, 6.45) is 1.52. The van der Waals surface area contributed by atoms with Crippen molar-refractivity contribution in [1.82, 2.24) is 5.01 Å². The van der Waals surface area contributed by atoms with Crippen molar-refractivity contribution in [2.75, 3.05) is 0 Å². The predicted octanol–water partition coefficient (Wildman–Crippen LogP) is 3.49. The second kappa shape index (κ2) is 6.10. The lowest BCUT2D eigenvalue weighted by atomic mass is 10.1. The lowest BCUT2D eigenvalue weighted by Crippen LogP contribution is -2.35. The van der Waals surface area contributed by atoms with Gasteiger partial charge in [-0.15, -0.1) is 0 Å². The number of carbonyl (C=O) groups excluding carboxylic acids is 1. The van der Waals surface area contributed by atoms with Gasteiger partial charge >= 0.3 is 0 Å². The van der Waals surface area contributed by atoms with E-state index in [0.29, 0.717) is 15.8 Å². The van der Waals surface area contributed by atoms with E-state index in [-0.39, 0.29) is 17.2 Å². The minimum absolute atomic E-state index is 0.0437. The maximum atomic E-state index is 13.0. The van der Waals surface area contributed by atoms with Crippen molar-refractivity contribution in [2.45, 2.75) is 0 Å². The number of carbonyl (C=O) groups is 1. The van der Waals surface area contributed by atoms with E-state index in [0.717, 1.165) is 5.56 Å². The van der Waals surface area contributed by atoms with Crippen LogP contribution in [0, 0.1) is 11.2 Å². The van der Waals surface area contributed by atoms with E-state index in [4.69, 9.17) is 5.41 Å². The maximum Gasteiger partial charge on any atom is 0.283 e. The Hall–Kier alpha value is -3.06. The molecule has 0 spiro atoms. The van der Waals surface area contributed by atoms with Crippen molar-refractivity contribution in [3.8, 4) is 0 Å². The molecule has 2 aromatic rings. The van der Waals surface area contributed by atoms with Crippen LogP contribution in [0.3, 0.4) is 0 Å². The number of benzene rings is 2. The van der Waals surface area contributed by atoms with Gasteiger partial charge in [0.05, 0.1) is 5.57 Å². The Morgan fingerprint density at radius 1 is 1.08 bits per heavy atom. The van der Waals surface area contributed by atoms with Gasteiger partial charge in [0.25, 0.3) is 5.91 Å². The van der Waals surface area contributed by atoms with Gasteiger partial charge in [-0.2, -0.15) is 15.1 Å². The molecule has 0 saturated carbocycles. The molecule has 2 aliphatic rings. The summed E-state index contributed by atoms with van der Waals surface area (Å²) < 4.78 is 13.0. The van der Waals surface area contributed by atoms with Crippen molar-refractivity contribution in [3.63, 3.8) is 0 Å². The highest BCUT2D eigenvalue weighted by Crippen LogP contribution is 2.30. The maximum absolute atomic E-state index is 13.0. The monoisotopic (exact) mass is 350 g/mol. The topological polar surface area (TPSA) is 68.9 Å². The largest absolute Gasteiger partial charge is 0.283 e. The molecule has 2 aromatic carbocycles. The molecule has 0 bridgehead atoms. The first-order valence-electron chi connectivity index (χ1n) is 7.43. The van der Waals surface area contributed by atoms with E-state index in [9.17, 15) is 9.18 Å². The fourth-order valence-corrected chi connectivity index (χ4v) is 3.31. The third-order valence-electron chi connectivity index (χ3n) is 3.66. The molecule has 0 aliphatic carbocycles. The molecule has 1 amide bonds. The van der Waals surface area contributed by atoms with Crippen LogP contribution in [-0.2, 0) is 4.79 Å². The van der Waals surface area contributed by atoms with E-state index in [2.05, 4.69) is 10.1 Å². The molecule has 0 unspecified atom stereocenters. The third-order valence-corrected chi connectivity index (χ3v) is 4.61. The fraction of sp³-hybridized carbons (Fsp3) is 0. The highest BCUT2D eigenvalue weighted by molar-refractivity contribution is 8.27. The van der Waals surface area contributed by atoms with Gasteiger partial charge in [0.1, 0.15) is 10.9 Å². The molecule has 2 aliphatic heterocycles. The molecule has 0 atom stereocenters. The van der Waals surface area contributed by atoms with Gasteiger partial charge in [0.15, 0.2) is 5.84 Å². The number of hydrogen-bond donors (Lipinski definition) is 1. The summed E-state index contributed by atoms with van der Waals surface area (Å²) >= 11 is 1.25. The molecule has 122 valence electrons. The molecule has 7 heteroatoms. The van der Waals surface area contributed by atoms with Crippen LogP contribution in [-0.4, -0.2) is 27.0 Å². The predicted molar refractivity (Wildman–Crippen MR) is 97.0 cm³/mol. The molecule has 25 heavy (non-hydrogen) atoms. The summed E-state index contributed by atoms with van der Waals surface area (Å²) in [5.41, 5.74) is 1.63. The summed E-state index contributed by atoms with van der Waals surface area (Å²) in [6, 6.07) is 15.2. The number of amidine groups is 2. The first-order valence-corrected chi connectivity index (χ1v) is 8.25. The van der Waals surface area contributed by atoms with Crippen molar-refractivity contribution in [3.05, 3.63) is 77.1 Å². The van der Waals surface area contributed by atoms with Gasteiger partial charge in [-0.25, -0.2) is 4.39 Å². The van der Waals surface area contributed by atoms with Gasteiger partial charge in [-0.1, -0.05) is 42.5 Å². The number of nitrogens with zero attached hydrogens (tertiary/aromatic N) is 3. The van der Waals surface area contributed by atoms with Crippen molar-refractivity contribution in [1.29, 1.82) is 5.41 Å². The van der Waals surface area contributed by atoms with Gasteiger partial charge < -0.3 is 0 Å². The Balaban J connectivity index is 1.69. The SMILES string of the molecule is N=C1/C(=C/c2ccc(F)cc2)C(=O)N=C2SC(c3ccccc3)=NN12. The second-order valence-electron chi connectivity index (χ2n) is 5.34. The number of hydrogen-bond acceptors (Lipinski definition) is 4. The van der Waals surface area contributed by atoms with E-state index >= 15 is 0 Å². The van der Waals surface area contributed by atoms with Crippen molar-refractivity contribution in [2.24, 2.45) is 10.1 Å². The van der Waals surface area contributed by atoms with Crippen LogP contribution >= 0.6 is 11.8 Å². The zero-order chi connectivity index (χ0) is 17.4. The Labute approximate surface area is 147 Å². The van der Waals surface area contributed by atoms with Crippen LogP contribution in [0.15, 0.2) is 70.3 Å². The molecule has 4 rings (SSSR count). The zero-order valence-corrected chi connectivity index (χ0v) is 13.6. The van der Waals surface area contributed by atoms with Crippen LogP contribution in [0.2, 0.25) is 0 Å². The van der Waals surface area contributed by atoms with Crippen LogP contribution < -0.4 is 0 Å². The van der Waals surface area contributed by atoms with E-state index < -0.39 is 5.91 Å². The molecular weight excluding hydrogens is 339 g/mol. The van der Waals surface area contributed by atoms with Crippen molar-refractivity contribution >= 4 is 39.8 Å². The molecule has 0 fully saturated rings. The molecule has 0 saturated heterocycles. The smallest absolute Gasteiger partial charge is 0.282 e. The van der Waals surface area contributed by atoms with E-state index in [1.165, 1.54) is 35.0 Å². The Morgan fingerprint density at radius 3 is 2.52 bits per heavy atom. The van der Waals surface area contributed by atoms with Crippen LogP contribution in [0.5, 0.6) is 0 Å². The van der Waals surface area contributed by atoms with Gasteiger partial charge in [0.2, 0.25) is 5.17 Å². The number of thioether (sulfide) groups is 1. The molecule has 2 heterocycles. The Morgan fingerprint density at radius 2 is 1.80 bits per heavy atom. The molecule has 1 N–H and O–H groups in total. The Bertz CT molecular complexity index is 964.